The molecule has 19 heavy (non-hydrogen) atoms. The molecule has 0 atom stereocenters. The number of nitrogens with zero attached hydrogens (tertiary/aromatic N) is 2. The Morgan fingerprint density at radius 2 is 1.47 bits per heavy atom. The van der Waals surface area contributed by atoms with Gasteiger partial charge in [0.2, 0.25) is 5.60 Å². The summed E-state index contributed by atoms with van der Waals surface area (Å²) in [5.41, 5.74) is -1.58. The van der Waals surface area contributed by atoms with E-state index in [9.17, 15) is 19.5 Å². The number of barbiturate groups is 1. The summed E-state index contributed by atoms with van der Waals surface area (Å²) in [6.45, 7) is 0. The highest BCUT2D eigenvalue weighted by Crippen LogP contribution is 2.23. The first-order valence-corrected chi connectivity index (χ1v) is 5.74. The molecule has 1 aromatic carbocycles. The van der Waals surface area contributed by atoms with E-state index in [4.69, 9.17) is 0 Å². The van der Waals surface area contributed by atoms with Gasteiger partial charge in [0.1, 0.15) is 0 Å². The van der Waals surface area contributed by atoms with Crippen LogP contribution in [0.5, 0.6) is 0 Å². The van der Waals surface area contributed by atoms with Crippen LogP contribution in [0.4, 0.5) is 4.79 Å². The Labute approximate surface area is 110 Å². The van der Waals surface area contributed by atoms with Crippen LogP contribution in [0.3, 0.4) is 0 Å². The van der Waals surface area contributed by atoms with Gasteiger partial charge in [-0.3, -0.25) is 19.4 Å². The molecule has 0 radical (unpaired) electrons. The van der Waals surface area contributed by atoms with E-state index < -0.39 is 23.4 Å². The van der Waals surface area contributed by atoms with Gasteiger partial charge in [-0.1, -0.05) is 30.3 Å². The number of hydrogen-bond acceptors (Lipinski definition) is 4. The molecule has 1 aliphatic heterocycles. The monoisotopic (exact) mass is 262 g/mol. The smallest absolute Gasteiger partial charge is 0.333 e. The number of aliphatic hydroxyl groups is 1. The van der Waals surface area contributed by atoms with Crippen LogP contribution in [-0.4, -0.2) is 52.4 Å². The molecule has 1 heterocycles. The Morgan fingerprint density at radius 3 is 1.95 bits per heavy atom. The zero-order valence-corrected chi connectivity index (χ0v) is 10.7. The molecule has 0 spiro atoms. The van der Waals surface area contributed by atoms with Crippen molar-refractivity contribution in [1.82, 2.24) is 9.80 Å². The largest absolute Gasteiger partial charge is 0.371 e. The molecule has 6 nitrogen and oxygen atoms in total. The number of carbonyl (C=O) groups excluding carboxylic acids is 3. The standard InChI is InChI=1S/C13H14N2O4/c1-14-10(16)13(19,11(17)15(2)12(14)18)8-9-6-4-3-5-7-9/h3-7,19H,8H2,1-2H3. The molecular weight excluding hydrogens is 248 g/mol. The molecule has 0 saturated carbocycles. The average molecular weight is 262 g/mol. The topological polar surface area (TPSA) is 77.9 Å². The van der Waals surface area contributed by atoms with Crippen molar-refractivity contribution in [3.8, 4) is 0 Å². The molecule has 1 saturated heterocycles. The van der Waals surface area contributed by atoms with Gasteiger partial charge in [0.15, 0.2) is 0 Å². The molecule has 0 aromatic heterocycles. The van der Waals surface area contributed by atoms with Crippen LogP contribution >= 0.6 is 0 Å². The van der Waals surface area contributed by atoms with E-state index in [1.54, 1.807) is 30.3 Å². The highest BCUT2D eigenvalue weighted by molar-refractivity contribution is 6.21. The molecule has 4 amide bonds. The van der Waals surface area contributed by atoms with E-state index in [-0.39, 0.29) is 6.42 Å². The Hall–Kier alpha value is -2.21. The summed E-state index contributed by atoms with van der Waals surface area (Å²) in [7, 11) is 2.48. The van der Waals surface area contributed by atoms with Crippen LogP contribution in [-0.2, 0) is 16.0 Å². The van der Waals surface area contributed by atoms with Crippen molar-refractivity contribution < 1.29 is 19.5 Å². The summed E-state index contributed by atoms with van der Waals surface area (Å²) < 4.78 is 0. The predicted octanol–water partition coefficient (Wildman–Crippen LogP) is 0.0106. The van der Waals surface area contributed by atoms with Crippen molar-refractivity contribution in [1.29, 1.82) is 0 Å². The van der Waals surface area contributed by atoms with E-state index in [2.05, 4.69) is 0 Å². The molecule has 0 unspecified atom stereocenters. The van der Waals surface area contributed by atoms with Gasteiger partial charge in [0.05, 0.1) is 0 Å². The second kappa shape index (κ2) is 4.47. The third-order valence-electron chi connectivity index (χ3n) is 3.19. The zero-order chi connectivity index (χ0) is 14.2. The summed E-state index contributed by atoms with van der Waals surface area (Å²) in [5, 5.41) is 10.4. The number of imide groups is 2. The fraction of sp³-hybridized carbons (Fsp3) is 0.308. The Morgan fingerprint density at radius 1 is 1.00 bits per heavy atom. The minimum Gasteiger partial charge on any atom is -0.371 e. The van der Waals surface area contributed by atoms with Gasteiger partial charge in [-0.15, -0.1) is 0 Å². The number of rotatable bonds is 2. The third kappa shape index (κ3) is 2.00. The lowest BCUT2D eigenvalue weighted by Crippen LogP contribution is -2.67. The number of benzene rings is 1. The van der Waals surface area contributed by atoms with Crippen LogP contribution in [0, 0.1) is 0 Å². The Balaban J connectivity index is 2.37. The summed E-state index contributed by atoms with van der Waals surface area (Å²) >= 11 is 0. The lowest BCUT2D eigenvalue weighted by Gasteiger charge is -2.38. The predicted molar refractivity (Wildman–Crippen MR) is 66.0 cm³/mol. The summed E-state index contributed by atoms with van der Waals surface area (Å²) in [5.74, 6) is -1.80. The maximum atomic E-state index is 12.0. The first-order chi connectivity index (χ1) is 8.88. The molecule has 0 aliphatic carbocycles. The first-order valence-electron chi connectivity index (χ1n) is 5.74. The molecule has 6 heteroatoms. The molecule has 0 bridgehead atoms. The van der Waals surface area contributed by atoms with Gasteiger partial charge in [-0.05, 0) is 5.56 Å². The van der Waals surface area contributed by atoms with Gasteiger partial charge in [0.25, 0.3) is 11.8 Å². The maximum absolute atomic E-state index is 12.0. The van der Waals surface area contributed by atoms with E-state index in [0.29, 0.717) is 5.56 Å². The minimum absolute atomic E-state index is 0.159. The van der Waals surface area contributed by atoms with Gasteiger partial charge >= 0.3 is 6.03 Å². The number of hydrogen-bond donors (Lipinski definition) is 1. The van der Waals surface area contributed by atoms with E-state index >= 15 is 0 Å². The van der Waals surface area contributed by atoms with Gasteiger partial charge in [-0.2, -0.15) is 0 Å². The van der Waals surface area contributed by atoms with Crippen LogP contribution < -0.4 is 0 Å². The summed E-state index contributed by atoms with van der Waals surface area (Å²) in [6, 6.07) is 7.95. The first kappa shape index (κ1) is 13.2. The number of likely N-dealkylation sites (N-methyl/N-ethyl adjacent to an activating group) is 2. The second-order valence-electron chi connectivity index (χ2n) is 4.53. The van der Waals surface area contributed by atoms with Crippen molar-refractivity contribution >= 4 is 17.8 Å². The SMILES string of the molecule is CN1C(=O)N(C)C(=O)C(O)(Cc2ccccc2)C1=O. The lowest BCUT2D eigenvalue weighted by molar-refractivity contribution is -0.167. The highest BCUT2D eigenvalue weighted by Gasteiger charge is 2.54. The third-order valence-corrected chi connectivity index (χ3v) is 3.19. The van der Waals surface area contributed by atoms with Crippen LogP contribution in [0.25, 0.3) is 0 Å². The number of urea groups is 1. The number of amides is 4. The summed E-state index contributed by atoms with van der Waals surface area (Å²) in [4.78, 5) is 37.1. The Kier molecular flexibility index (Phi) is 3.11. The average Bonchev–Trinajstić information content (AvgIpc) is 2.43. The van der Waals surface area contributed by atoms with Gasteiger partial charge in [-0.25, -0.2) is 4.79 Å². The Bertz CT molecular complexity index is 517. The van der Waals surface area contributed by atoms with Gasteiger partial charge < -0.3 is 5.11 Å². The molecule has 1 fully saturated rings. The molecular formula is C13H14N2O4. The van der Waals surface area contributed by atoms with Crippen molar-refractivity contribution in [3.63, 3.8) is 0 Å². The van der Waals surface area contributed by atoms with Crippen LogP contribution in [0.2, 0.25) is 0 Å². The maximum Gasteiger partial charge on any atom is 0.333 e. The highest BCUT2D eigenvalue weighted by atomic mass is 16.3. The molecule has 1 aromatic rings. The molecule has 1 N–H and O–H groups in total. The van der Waals surface area contributed by atoms with Crippen LogP contribution in [0.15, 0.2) is 30.3 Å². The minimum atomic E-state index is -2.22. The quantitative estimate of drug-likeness (QED) is 0.762. The zero-order valence-electron chi connectivity index (χ0n) is 10.7. The molecule has 2 rings (SSSR count). The normalized spacial score (nSPS) is 19.0. The fourth-order valence-electron chi connectivity index (χ4n) is 2.09. The molecule has 100 valence electrons. The van der Waals surface area contributed by atoms with E-state index in [1.165, 1.54) is 14.1 Å². The van der Waals surface area contributed by atoms with Crippen molar-refractivity contribution in [2.75, 3.05) is 14.1 Å². The van der Waals surface area contributed by atoms with Crippen molar-refractivity contribution in [3.05, 3.63) is 35.9 Å². The van der Waals surface area contributed by atoms with Crippen LogP contribution in [0.1, 0.15) is 5.56 Å². The van der Waals surface area contributed by atoms with E-state index in [1.807, 2.05) is 0 Å². The summed E-state index contributed by atoms with van der Waals surface area (Å²) in [6.07, 6.45) is -0.159. The lowest BCUT2D eigenvalue weighted by atomic mass is 9.90. The van der Waals surface area contributed by atoms with Crippen molar-refractivity contribution in [2.24, 2.45) is 0 Å². The second-order valence-corrected chi connectivity index (χ2v) is 4.53. The number of carbonyl (C=O) groups is 3. The fourth-order valence-corrected chi connectivity index (χ4v) is 2.09. The van der Waals surface area contributed by atoms with Gasteiger partial charge in [0, 0.05) is 20.5 Å². The molecule has 1 aliphatic rings. The van der Waals surface area contributed by atoms with Crippen molar-refractivity contribution in [2.45, 2.75) is 12.0 Å². The van der Waals surface area contributed by atoms with E-state index in [0.717, 1.165) is 9.80 Å².